The van der Waals surface area contributed by atoms with Crippen molar-refractivity contribution in [3.8, 4) is 11.3 Å². The number of nitrogens with two attached hydrogens (primary N) is 1. The molecule has 12 heteroatoms. The molecule has 1 saturated carbocycles. The Labute approximate surface area is 260 Å². The fraction of sp³-hybridized carbons (Fsp3) is 0.455. The van der Waals surface area contributed by atoms with E-state index >= 15 is 8.78 Å². The summed E-state index contributed by atoms with van der Waals surface area (Å²) in [4.78, 5) is 22.6. The lowest BCUT2D eigenvalue weighted by Gasteiger charge is -2.43. The van der Waals surface area contributed by atoms with Gasteiger partial charge in [0.1, 0.15) is 11.6 Å². The maximum atomic E-state index is 15.3. The van der Waals surface area contributed by atoms with Crippen LogP contribution in [0.1, 0.15) is 56.6 Å². The van der Waals surface area contributed by atoms with E-state index in [0.717, 1.165) is 30.5 Å². The topological polar surface area (TPSA) is 120 Å². The molecule has 1 amide bonds. The molecule has 45 heavy (non-hydrogen) atoms. The van der Waals surface area contributed by atoms with Crippen LogP contribution >= 0.6 is 0 Å². The standard InChI is InChI=1S/C33H39F2N7O3/c1-19-12-22(15-28(36)32(19)41(3)20(2)43)25-6-9-37-17-30(25)39-33-38-16-23-4-5-29(40-42(23)33)31-26(34)13-21(14-27(31)35)18-45-24-7-10-44-11-8-24/h4-6,9,13-14,16-17,19,22,24,28,32H,7-8,10-12,15,18,36H2,1-3H3,(H,38,39)/t19-,22+,28+,32-/m0/s1. The van der Waals surface area contributed by atoms with Crippen molar-refractivity contribution in [2.75, 3.05) is 25.6 Å². The van der Waals surface area contributed by atoms with E-state index in [1.807, 2.05) is 13.1 Å². The lowest BCUT2D eigenvalue weighted by atomic mass is 9.73. The second kappa shape index (κ2) is 13.2. The van der Waals surface area contributed by atoms with E-state index in [0.29, 0.717) is 36.7 Å². The molecule has 2 fully saturated rings. The molecule has 0 bridgehead atoms. The lowest BCUT2D eigenvalue weighted by Crippen LogP contribution is -2.54. The van der Waals surface area contributed by atoms with Crippen molar-refractivity contribution in [3.63, 3.8) is 0 Å². The number of hydrogen-bond donors (Lipinski definition) is 2. The predicted molar refractivity (Wildman–Crippen MR) is 166 cm³/mol. The van der Waals surface area contributed by atoms with Gasteiger partial charge < -0.3 is 25.4 Å². The van der Waals surface area contributed by atoms with E-state index in [1.165, 1.54) is 16.6 Å². The number of halogens is 2. The Bertz CT molecular complexity index is 1640. The summed E-state index contributed by atoms with van der Waals surface area (Å²) in [6.45, 7) is 5.06. The fourth-order valence-electron chi connectivity index (χ4n) is 6.81. The molecule has 1 aromatic carbocycles. The highest BCUT2D eigenvalue weighted by Gasteiger charge is 2.38. The molecule has 1 aliphatic carbocycles. The SMILES string of the molecule is CC(=O)N(C)[C@@H]1[C@H](N)C[C@H](c2ccncc2Nc2ncc3ccc(-c4c(F)cc(COC5CCOCC5)cc4F)nn23)C[C@@H]1C. The Hall–Kier alpha value is -4.00. The molecule has 238 valence electrons. The highest BCUT2D eigenvalue weighted by Crippen LogP contribution is 2.40. The quantitative estimate of drug-likeness (QED) is 0.276. The van der Waals surface area contributed by atoms with E-state index in [1.54, 1.807) is 42.5 Å². The van der Waals surface area contributed by atoms with Crippen LogP contribution in [0.5, 0.6) is 0 Å². The van der Waals surface area contributed by atoms with Crippen LogP contribution in [-0.2, 0) is 20.9 Å². The number of rotatable bonds is 8. The second-order valence-electron chi connectivity index (χ2n) is 12.2. The van der Waals surface area contributed by atoms with Gasteiger partial charge in [0.25, 0.3) is 0 Å². The van der Waals surface area contributed by atoms with Gasteiger partial charge in [-0.05, 0) is 79.0 Å². The van der Waals surface area contributed by atoms with Gasteiger partial charge in [0, 0.05) is 45.5 Å². The second-order valence-corrected chi connectivity index (χ2v) is 12.2. The lowest BCUT2D eigenvalue weighted by molar-refractivity contribution is -0.131. The highest BCUT2D eigenvalue weighted by atomic mass is 19.1. The number of pyridine rings is 1. The van der Waals surface area contributed by atoms with E-state index < -0.39 is 11.6 Å². The Morgan fingerprint density at radius 3 is 2.62 bits per heavy atom. The first-order chi connectivity index (χ1) is 21.7. The predicted octanol–water partition coefficient (Wildman–Crippen LogP) is 5.20. The van der Waals surface area contributed by atoms with Crippen molar-refractivity contribution in [3.05, 3.63) is 71.7 Å². The maximum absolute atomic E-state index is 15.3. The zero-order chi connectivity index (χ0) is 31.7. The smallest absolute Gasteiger partial charge is 0.229 e. The number of aromatic nitrogens is 4. The molecule has 0 unspecified atom stereocenters. The van der Waals surface area contributed by atoms with E-state index in [9.17, 15) is 4.79 Å². The molecule has 6 rings (SSSR count). The number of ether oxygens (including phenoxy) is 2. The molecule has 4 aromatic rings. The van der Waals surface area contributed by atoms with Gasteiger partial charge in [0.15, 0.2) is 0 Å². The van der Waals surface area contributed by atoms with Crippen molar-refractivity contribution < 1.29 is 23.0 Å². The largest absolute Gasteiger partial charge is 0.381 e. The normalized spacial score (nSPS) is 22.4. The van der Waals surface area contributed by atoms with Gasteiger partial charge in [-0.3, -0.25) is 9.78 Å². The number of hydrogen-bond acceptors (Lipinski definition) is 8. The first kappa shape index (κ1) is 31.0. The van der Waals surface area contributed by atoms with Gasteiger partial charge in [-0.25, -0.2) is 13.8 Å². The van der Waals surface area contributed by atoms with Crippen LogP contribution in [0.25, 0.3) is 16.8 Å². The average molecular weight is 620 g/mol. The van der Waals surface area contributed by atoms with Crippen LogP contribution in [0.3, 0.4) is 0 Å². The minimum atomic E-state index is -0.715. The first-order valence-electron chi connectivity index (χ1n) is 15.4. The summed E-state index contributed by atoms with van der Waals surface area (Å²) in [5.41, 5.74) is 9.38. The van der Waals surface area contributed by atoms with Crippen LogP contribution in [0, 0.1) is 17.6 Å². The van der Waals surface area contributed by atoms with E-state index in [2.05, 4.69) is 27.3 Å². The molecule has 0 spiro atoms. The molecule has 3 N–H and O–H groups in total. The molecule has 10 nitrogen and oxygen atoms in total. The van der Waals surface area contributed by atoms with Gasteiger partial charge in [-0.15, -0.1) is 0 Å². The number of carbonyl (C=O) groups excluding carboxylic acids is 1. The third-order valence-corrected chi connectivity index (χ3v) is 9.12. The zero-order valence-electron chi connectivity index (χ0n) is 25.7. The van der Waals surface area contributed by atoms with Crippen LogP contribution in [0.2, 0.25) is 0 Å². The Kier molecular flexibility index (Phi) is 9.06. The molecule has 4 heterocycles. The Morgan fingerprint density at radius 2 is 1.91 bits per heavy atom. The van der Waals surface area contributed by atoms with E-state index in [-0.39, 0.29) is 53.8 Å². The van der Waals surface area contributed by atoms with Crippen LogP contribution in [-0.4, -0.2) is 68.8 Å². The van der Waals surface area contributed by atoms with Gasteiger partial charge in [0.2, 0.25) is 11.9 Å². The van der Waals surface area contributed by atoms with Gasteiger partial charge in [-0.2, -0.15) is 9.61 Å². The van der Waals surface area contributed by atoms with Crippen molar-refractivity contribution >= 4 is 23.1 Å². The van der Waals surface area contributed by atoms with Gasteiger partial charge in [0.05, 0.1) is 47.6 Å². The van der Waals surface area contributed by atoms with Crippen LogP contribution in [0.4, 0.5) is 20.4 Å². The molecule has 3 aromatic heterocycles. The number of likely N-dealkylation sites (N-methyl/N-ethyl adjacent to an activating group) is 1. The molecule has 0 radical (unpaired) electrons. The molecular formula is C33H39F2N7O3. The number of nitrogens with one attached hydrogen (secondary N) is 1. The Balaban J connectivity index is 1.23. The monoisotopic (exact) mass is 619 g/mol. The summed E-state index contributed by atoms with van der Waals surface area (Å²) < 4.78 is 43.4. The van der Waals surface area contributed by atoms with Crippen LogP contribution in [0.15, 0.2) is 48.9 Å². The number of anilines is 2. The number of carbonyl (C=O) groups is 1. The van der Waals surface area contributed by atoms with Crippen molar-refractivity contribution in [2.24, 2.45) is 11.7 Å². The fourth-order valence-corrected chi connectivity index (χ4v) is 6.81. The minimum absolute atomic E-state index is 0.000343. The minimum Gasteiger partial charge on any atom is -0.381 e. The summed E-state index contributed by atoms with van der Waals surface area (Å²) in [5.74, 6) is -0.731. The molecule has 2 aliphatic rings. The molecule has 1 aliphatic heterocycles. The average Bonchev–Trinajstić information content (AvgIpc) is 3.42. The molecular weight excluding hydrogens is 580 g/mol. The summed E-state index contributed by atoms with van der Waals surface area (Å²) >= 11 is 0. The Morgan fingerprint density at radius 1 is 1.16 bits per heavy atom. The number of amides is 1. The van der Waals surface area contributed by atoms with Crippen LogP contribution < -0.4 is 11.1 Å². The molecule has 1 saturated heterocycles. The van der Waals surface area contributed by atoms with Gasteiger partial charge in [-0.1, -0.05) is 6.92 Å². The summed E-state index contributed by atoms with van der Waals surface area (Å²) in [7, 11) is 1.81. The maximum Gasteiger partial charge on any atom is 0.229 e. The first-order valence-corrected chi connectivity index (χ1v) is 15.4. The molecule has 4 atom stereocenters. The van der Waals surface area contributed by atoms with Crippen molar-refractivity contribution in [1.82, 2.24) is 24.5 Å². The number of nitrogens with zero attached hydrogens (tertiary/aromatic N) is 5. The number of benzene rings is 1. The summed E-state index contributed by atoms with van der Waals surface area (Å²) in [5, 5.41) is 7.92. The number of imidazole rings is 1. The summed E-state index contributed by atoms with van der Waals surface area (Å²) in [6, 6.07) is 7.64. The number of fused-ring (bicyclic) bond motifs is 1. The third kappa shape index (κ3) is 6.54. The van der Waals surface area contributed by atoms with E-state index in [4.69, 9.17) is 15.2 Å². The van der Waals surface area contributed by atoms with Crippen molar-refractivity contribution in [2.45, 2.75) is 70.2 Å². The highest BCUT2D eigenvalue weighted by molar-refractivity contribution is 5.73. The van der Waals surface area contributed by atoms with Crippen molar-refractivity contribution in [1.29, 1.82) is 0 Å². The third-order valence-electron chi connectivity index (χ3n) is 9.12. The van der Waals surface area contributed by atoms with Gasteiger partial charge >= 0.3 is 0 Å². The summed E-state index contributed by atoms with van der Waals surface area (Å²) in [6.07, 6.45) is 8.20. The zero-order valence-corrected chi connectivity index (χ0v) is 25.7.